The fourth-order valence-electron chi connectivity index (χ4n) is 1.62. The summed E-state index contributed by atoms with van der Waals surface area (Å²) < 4.78 is 6.72. The highest BCUT2D eigenvalue weighted by Crippen LogP contribution is 2.16. The van der Waals surface area contributed by atoms with Crippen LogP contribution in [0.25, 0.3) is 11.0 Å². The van der Waals surface area contributed by atoms with E-state index in [4.69, 9.17) is 10.5 Å². The van der Waals surface area contributed by atoms with Crippen LogP contribution in [0.1, 0.15) is 26.5 Å². The van der Waals surface area contributed by atoms with Crippen molar-refractivity contribution in [3.05, 3.63) is 30.1 Å². The van der Waals surface area contributed by atoms with Crippen molar-refractivity contribution in [1.29, 1.82) is 0 Å². The van der Waals surface area contributed by atoms with E-state index in [1.54, 1.807) is 6.20 Å². The van der Waals surface area contributed by atoms with Crippen molar-refractivity contribution in [1.82, 2.24) is 9.55 Å². The Bertz CT molecular complexity index is 581. The van der Waals surface area contributed by atoms with E-state index in [9.17, 15) is 4.79 Å². The average Bonchev–Trinajstić information content (AvgIpc) is 2.69. The van der Waals surface area contributed by atoms with Gasteiger partial charge < -0.3 is 10.5 Å². The van der Waals surface area contributed by atoms with E-state index in [2.05, 4.69) is 4.98 Å². The van der Waals surface area contributed by atoms with Gasteiger partial charge in [-0.25, -0.2) is 14.3 Å². The molecule has 0 amide bonds. The Morgan fingerprint density at radius 1 is 1.39 bits per heavy atom. The van der Waals surface area contributed by atoms with Crippen molar-refractivity contribution in [2.75, 3.05) is 0 Å². The van der Waals surface area contributed by atoms with Gasteiger partial charge in [0.2, 0.25) is 0 Å². The third kappa shape index (κ3) is 2.51. The maximum atomic E-state index is 12.0. The SMILES string of the molecule is CC(C)(C)OC(=O)n1ccc2ccc(CN)nc21. The molecule has 0 aliphatic carbocycles. The molecule has 18 heavy (non-hydrogen) atoms. The minimum atomic E-state index is -0.529. The number of hydrogen-bond donors (Lipinski definition) is 1. The van der Waals surface area contributed by atoms with Gasteiger partial charge in [-0.2, -0.15) is 0 Å². The molecule has 0 unspecified atom stereocenters. The predicted molar refractivity (Wildman–Crippen MR) is 69.3 cm³/mol. The number of pyridine rings is 1. The monoisotopic (exact) mass is 247 g/mol. The first-order chi connectivity index (χ1) is 8.40. The molecule has 0 saturated carbocycles. The number of ether oxygens (including phenoxy) is 1. The third-order valence-corrected chi connectivity index (χ3v) is 2.39. The summed E-state index contributed by atoms with van der Waals surface area (Å²) in [6, 6.07) is 5.57. The second-order valence-corrected chi connectivity index (χ2v) is 5.09. The number of fused-ring (bicyclic) bond motifs is 1. The molecule has 0 saturated heterocycles. The molecule has 96 valence electrons. The molecular formula is C13H17N3O2. The largest absolute Gasteiger partial charge is 0.443 e. The third-order valence-electron chi connectivity index (χ3n) is 2.39. The zero-order valence-corrected chi connectivity index (χ0v) is 10.8. The van der Waals surface area contributed by atoms with Crippen LogP contribution < -0.4 is 5.73 Å². The summed E-state index contributed by atoms with van der Waals surface area (Å²) >= 11 is 0. The van der Waals surface area contributed by atoms with E-state index in [1.807, 2.05) is 39.0 Å². The molecule has 0 aliphatic rings. The van der Waals surface area contributed by atoms with Gasteiger partial charge >= 0.3 is 6.09 Å². The summed E-state index contributed by atoms with van der Waals surface area (Å²) in [5.74, 6) is 0. The van der Waals surface area contributed by atoms with Crippen molar-refractivity contribution >= 4 is 17.1 Å². The lowest BCUT2D eigenvalue weighted by Crippen LogP contribution is -2.26. The standard InChI is InChI=1S/C13H17N3O2/c1-13(2,3)18-12(17)16-7-6-9-4-5-10(8-14)15-11(9)16/h4-7H,8,14H2,1-3H3. The van der Waals surface area contributed by atoms with Gasteiger partial charge in [0.05, 0.1) is 5.69 Å². The van der Waals surface area contributed by atoms with E-state index in [0.717, 1.165) is 11.1 Å². The number of nitrogens with zero attached hydrogens (tertiary/aromatic N) is 2. The van der Waals surface area contributed by atoms with Crippen molar-refractivity contribution in [3.63, 3.8) is 0 Å². The molecule has 2 aromatic heterocycles. The number of nitrogens with two attached hydrogens (primary N) is 1. The van der Waals surface area contributed by atoms with Crippen LogP contribution in [0.3, 0.4) is 0 Å². The Hall–Kier alpha value is -1.88. The maximum absolute atomic E-state index is 12.0. The Labute approximate surface area is 106 Å². The molecular weight excluding hydrogens is 230 g/mol. The molecule has 2 rings (SSSR count). The lowest BCUT2D eigenvalue weighted by molar-refractivity contribution is 0.0543. The van der Waals surface area contributed by atoms with Gasteiger partial charge in [-0.1, -0.05) is 0 Å². The molecule has 2 heterocycles. The fraction of sp³-hybridized carbons (Fsp3) is 0.385. The molecule has 0 aromatic carbocycles. The molecule has 0 fully saturated rings. The van der Waals surface area contributed by atoms with Crippen LogP contribution in [0, 0.1) is 0 Å². The van der Waals surface area contributed by atoms with Crippen molar-refractivity contribution in [2.45, 2.75) is 32.9 Å². The van der Waals surface area contributed by atoms with Crippen LogP contribution in [0.2, 0.25) is 0 Å². The highest BCUT2D eigenvalue weighted by Gasteiger charge is 2.19. The summed E-state index contributed by atoms with van der Waals surface area (Å²) in [6.45, 7) is 5.83. The van der Waals surface area contributed by atoms with Crippen LogP contribution in [0.15, 0.2) is 24.4 Å². The Morgan fingerprint density at radius 3 is 2.72 bits per heavy atom. The van der Waals surface area contributed by atoms with Gasteiger partial charge in [0.1, 0.15) is 11.2 Å². The molecule has 2 aromatic rings. The Morgan fingerprint density at radius 2 is 2.11 bits per heavy atom. The molecule has 0 radical (unpaired) electrons. The fourth-order valence-corrected chi connectivity index (χ4v) is 1.62. The van der Waals surface area contributed by atoms with Crippen molar-refractivity contribution in [2.24, 2.45) is 5.73 Å². The quantitative estimate of drug-likeness (QED) is 0.839. The highest BCUT2D eigenvalue weighted by molar-refractivity contribution is 5.87. The summed E-state index contributed by atoms with van der Waals surface area (Å²) in [7, 11) is 0. The zero-order valence-electron chi connectivity index (χ0n) is 10.8. The predicted octanol–water partition coefficient (Wildman–Crippen LogP) is 2.28. The molecule has 0 aliphatic heterocycles. The number of aromatic nitrogens is 2. The first-order valence-corrected chi connectivity index (χ1v) is 5.81. The van der Waals surface area contributed by atoms with Crippen LogP contribution >= 0.6 is 0 Å². The highest BCUT2D eigenvalue weighted by atomic mass is 16.6. The summed E-state index contributed by atoms with van der Waals surface area (Å²) in [4.78, 5) is 16.3. The minimum Gasteiger partial charge on any atom is -0.443 e. The van der Waals surface area contributed by atoms with Crippen molar-refractivity contribution < 1.29 is 9.53 Å². The average molecular weight is 247 g/mol. The number of hydrogen-bond acceptors (Lipinski definition) is 4. The molecule has 2 N–H and O–H groups in total. The number of carbonyl (C=O) groups is 1. The van der Waals surface area contributed by atoms with Crippen molar-refractivity contribution in [3.8, 4) is 0 Å². The first-order valence-electron chi connectivity index (χ1n) is 5.81. The molecule has 5 nitrogen and oxygen atoms in total. The van der Waals surface area contributed by atoms with Gasteiger partial charge in [-0.05, 0) is 39.0 Å². The molecule has 0 spiro atoms. The zero-order chi connectivity index (χ0) is 13.3. The lowest BCUT2D eigenvalue weighted by atomic mass is 10.2. The summed E-state index contributed by atoms with van der Waals surface area (Å²) in [5.41, 5.74) is 6.34. The molecule has 0 atom stereocenters. The van der Waals surface area contributed by atoms with E-state index < -0.39 is 11.7 Å². The summed E-state index contributed by atoms with van der Waals surface area (Å²) in [5, 5.41) is 0.887. The second kappa shape index (κ2) is 4.42. The minimum absolute atomic E-state index is 0.343. The molecule has 5 heteroatoms. The van der Waals surface area contributed by atoms with Crippen LogP contribution in [0.4, 0.5) is 4.79 Å². The molecule has 0 bridgehead atoms. The smallest absolute Gasteiger partial charge is 0.420 e. The maximum Gasteiger partial charge on any atom is 0.420 e. The van der Waals surface area contributed by atoms with Gasteiger partial charge in [-0.15, -0.1) is 0 Å². The Balaban J connectivity index is 2.42. The Kier molecular flexibility index (Phi) is 3.09. The second-order valence-electron chi connectivity index (χ2n) is 5.09. The van der Waals surface area contributed by atoms with Gasteiger partial charge in [-0.3, -0.25) is 0 Å². The van der Waals surface area contributed by atoms with Gasteiger partial charge in [0, 0.05) is 18.1 Å². The lowest BCUT2D eigenvalue weighted by Gasteiger charge is -2.19. The van der Waals surface area contributed by atoms with Gasteiger partial charge in [0.15, 0.2) is 0 Å². The number of carbonyl (C=O) groups excluding carboxylic acids is 1. The first kappa shape index (κ1) is 12.6. The van der Waals surface area contributed by atoms with Crippen LogP contribution in [0.5, 0.6) is 0 Å². The summed E-state index contributed by atoms with van der Waals surface area (Å²) in [6.07, 6.45) is 1.23. The van der Waals surface area contributed by atoms with E-state index >= 15 is 0 Å². The van der Waals surface area contributed by atoms with E-state index in [1.165, 1.54) is 4.57 Å². The topological polar surface area (TPSA) is 70.1 Å². The van der Waals surface area contributed by atoms with E-state index in [0.29, 0.717) is 12.2 Å². The normalized spacial score (nSPS) is 11.8. The van der Waals surface area contributed by atoms with Crippen LogP contribution in [-0.4, -0.2) is 21.2 Å². The van der Waals surface area contributed by atoms with Gasteiger partial charge in [0.25, 0.3) is 0 Å². The van der Waals surface area contributed by atoms with E-state index in [-0.39, 0.29) is 0 Å². The van der Waals surface area contributed by atoms with Crippen LogP contribution in [-0.2, 0) is 11.3 Å². The number of rotatable bonds is 1.